The predicted molar refractivity (Wildman–Crippen MR) is 71.6 cm³/mol. The number of nitrogens with zero attached hydrogens (tertiary/aromatic N) is 1. The summed E-state index contributed by atoms with van der Waals surface area (Å²) in [6, 6.07) is 0. The van der Waals surface area contributed by atoms with E-state index in [1.165, 1.54) is 4.90 Å². The zero-order valence-electron chi connectivity index (χ0n) is 11.6. The van der Waals surface area contributed by atoms with E-state index in [4.69, 9.17) is 19.3 Å². The Hall–Kier alpha value is -0.740. The number of carbonyl (C=O) groups excluding carboxylic acids is 1. The molecule has 0 radical (unpaired) electrons. The molecule has 118 valence electrons. The average Bonchev–Trinajstić information content (AvgIpc) is 2.74. The lowest BCUT2D eigenvalue weighted by Gasteiger charge is -2.16. The van der Waals surface area contributed by atoms with Gasteiger partial charge < -0.3 is 19.1 Å². The van der Waals surface area contributed by atoms with Crippen LogP contribution in [0.3, 0.4) is 0 Å². The van der Waals surface area contributed by atoms with Crippen molar-refractivity contribution in [3.05, 3.63) is 0 Å². The van der Waals surface area contributed by atoms with Gasteiger partial charge in [0, 0.05) is 26.6 Å². The molecule has 20 heavy (non-hydrogen) atoms. The Balaban J connectivity index is 2.09. The van der Waals surface area contributed by atoms with E-state index in [2.05, 4.69) is 0 Å². The molecule has 9 heteroatoms. The Morgan fingerprint density at radius 2 is 1.80 bits per heavy atom. The first kappa shape index (κ1) is 17.3. The summed E-state index contributed by atoms with van der Waals surface area (Å²) in [7, 11) is -2.05. The number of amides is 1. The molecule has 1 amide bonds. The molecule has 0 aromatic carbocycles. The molecule has 1 aliphatic heterocycles. The Kier molecular flexibility index (Phi) is 7.38. The van der Waals surface area contributed by atoms with Gasteiger partial charge in [-0.3, -0.25) is 4.79 Å². The van der Waals surface area contributed by atoms with Crippen LogP contribution in [0.15, 0.2) is 0 Å². The molecule has 0 aliphatic carbocycles. The average molecular weight is 310 g/mol. The number of methoxy groups -OCH3 is 1. The minimum absolute atomic E-state index is 0.0427. The molecule has 1 atom stereocenters. The molecule has 2 N–H and O–H groups in total. The van der Waals surface area contributed by atoms with E-state index in [0.717, 1.165) is 0 Å². The van der Waals surface area contributed by atoms with E-state index in [1.807, 2.05) is 0 Å². The number of sulfonamides is 1. The molecule has 0 saturated carbocycles. The van der Waals surface area contributed by atoms with Crippen molar-refractivity contribution >= 4 is 15.9 Å². The van der Waals surface area contributed by atoms with Crippen molar-refractivity contribution in [3.8, 4) is 0 Å². The minimum Gasteiger partial charge on any atom is -0.382 e. The number of carbonyl (C=O) groups is 1. The molecule has 0 spiro atoms. The number of primary sulfonamides is 1. The Morgan fingerprint density at radius 3 is 2.35 bits per heavy atom. The van der Waals surface area contributed by atoms with E-state index < -0.39 is 15.3 Å². The summed E-state index contributed by atoms with van der Waals surface area (Å²) in [4.78, 5) is 13.0. The van der Waals surface area contributed by atoms with E-state index in [0.29, 0.717) is 39.6 Å². The van der Waals surface area contributed by atoms with Crippen LogP contribution in [0.1, 0.15) is 6.42 Å². The van der Waals surface area contributed by atoms with Crippen LogP contribution in [0.4, 0.5) is 0 Å². The van der Waals surface area contributed by atoms with Gasteiger partial charge in [0.1, 0.15) is 5.25 Å². The predicted octanol–water partition coefficient (Wildman–Crippen LogP) is -1.44. The summed E-state index contributed by atoms with van der Waals surface area (Å²) in [5, 5.41) is 4.24. The van der Waals surface area contributed by atoms with Gasteiger partial charge in [-0.15, -0.1) is 0 Å². The normalized spacial score (nSPS) is 19.8. The molecule has 1 saturated heterocycles. The maximum absolute atomic E-state index is 11.6. The number of hydrogen-bond donors (Lipinski definition) is 1. The third-order valence-corrected chi connectivity index (χ3v) is 4.20. The van der Waals surface area contributed by atoms with Crippen molar-refractivity contribution in [2.45, 2.75) is 11.7 Å². The maximum Gasteiger partial charge on any atom is 0.224 e. The molecule has 0 aromatic rings. The van der Waals surface area contributed by atoms with Crippen LogP contribution in [0.2, 0.25) is 0 Å². The van der Waals surface area contributed by atoms with Crippen LogP contribution in [0.5, 0.6) is 0 Å². The quantitative estimate of drug-likeness (QED) is 0.495. The first-order chi connectivity index (χ1) is 9.45. The zero-order chi connectivity index (χ0) is 15.0. The smallest absolute Gasteiger partial charge is 0.224 e. The van der Waals surface area contributed by atoms with Crippen molar-refractivity contribution in [1.82, 2.24) is 4.90 Å². The van der Waals surface area contributed by atoms with Crippen LogP contribution in [0.25, 0.3) is 0 Å². The van der Waals surface area contributed by atoms with Gasteiger partial charge in [-0.1, -0.05) is 0 Å². The second kappa shape index (κ2) is 8.53. The van der Waals surface area contributed by atoms with Gasteiger partial charge in [0.05, 0.1) is 33.0 Å². The fourth-order valence-corrected chi connectivity index (χ4v) is 2.57. The van der Waals surface area contributed by atoms with Crippen LogP contribution >= 0.6 is 0 Å². The van der Waals surface area contributed by atoms with Crippen molar-refractivity contribution in [3.63, 3.8) is 0 Å². The van der Waals surface area contributed by atoms with Crippen LogP contribution in [0, 0.1) is 0 Å². The molecular formula is C11H22N2O6S. The van der Waals surface area contributed by atoms with Gasteiger partial charge in [-0.05, 0) is 0 Å². The molecule has 1 aliphatic rings. The largest absolute Gasteiger partial charge is 0.382 e. The Morgan fingerprint density at radius 1 is 1.20 bits per heavy atom. The van der Waals surface area contributed by atoms with E-state index in [9.17, 15) is 13.2 Å². The van der Waals surface area contributed by atoms with Gasteiger partial charge >= 0.3 is 0 Å². The Bertz CT molecular complexity index is 400. The summed E-state index contributed by atoms with van der Waals surface area (Å²) >= 11 is 0. The second-order valence-corrected chi connectivity index (χ2v) is 6.32. The summed E-state index contributed by atoms with van der Waals surface area (Å²) in [6.07, 6.45) is -0.0427. The molecular weight excluding hydrogens is 288 g/mol. The van der Waals surface area contributed by atoms with Crippen molar-refractivity contribution in [2.24, 2.45) is 5.14 Å². The number of ether oxygens (including phenoxy) is 3. The van der Waals surface area contributed by atoms with Crippen LogP contribution in [-0.4, -0.2) is 77.7 Å². The molecule has 8 nitrogen and oxygen atoms in total. The highest BCUT2D eigenvalue weighted by Gasteiger charge is 2.35. The van der Waals surface area contributed by atoms with E-state index in [-0.39, 0.29) is 18.9 Å². The standard InChI is InChI=1S/C11H22N2O6S/c1-17-4-5-19-7-6-18-3-2-13-9-10(8-11(13)14)20(12,15)16/h10H,2-9H2,1H3,(H2,12,15,16). The zero-order valence-corrected chi connectivity index (χ0v) is 12.4. The molecule has 1 unspecified atom stereocenters. The first-order valence-electron chi connectivity index (χ1n) is 6.39. The molecule has 1 rings (SSSR count). The summed E-state index contributed by atoms with van der Waals surface area (Å²) in [6.45, 7) is 2.78. The highest BCUT2D eigenvalue weighted by molar-refractivity contribution is 7.89. The number of nitrogens with two attached hydrogens (primary N) is 1. The number of hydrogen-bond acceptors (Lipinski definition) is 6. The van der Waals surface area contributed by atoms with Gasteiger partial charge in [-0.2, -0.15) is 0 Å². The van der Waals surface area contributed by atoms with E-state index >= 15 is 0 Å². The van der Waals surface area contributed by atoms with Gasteiger partial charge in [0.25, 0.3) is 0 Å². The third kappa shape index (κ3) is 6.14. The molecule has 1 heterocycles. The lowest BCUT2D eigenvalue weighted by Crippen LogP contribution is -2.33. The molecule has 0 bridgehead atoms. The fourth-order valence-electron chi connectivity index (χ4n) is 1.81. The topological polar surface area (TPSA) is 108 Å². The molecule has 1 fully saturated rings. The highest BCUT2D eigenvalue weighted by Crippen LogP contribution is 2.15. The number of rotatable bonds is 10. The second-order valence-electron chi connectivity index (χ2n) is 4.47. The SMILES string of the molecule is COCCOCCOCCN1CC(S(N)(=O)=O)CC1=O. The van der Waals surface area contributed by atoms with Gasteiger partial charge in [0.2, 0.25) is 15.9 Å². The maximum atomic E-state index is 11.6. The lowest BCUT2D eigenvalue weighted by molar-refractivity contribution is -0.128. The monoisotopic (exact) mass is 310 g/mol. The third-order valence-electron chi connectivity index (χ3n) is 2.95. The van der Waals surface area contributed by atoms with Crippen LogP contribution < -0.4 is 5.14 Å². The summed E-state index contributed by atoms with van der Waals surface area (Å²) in [5.74, 6) is -0.205. The van der Waals surface area contributed by atoms with Crippen LogP contribution in [-0.2, 0) is 29.0 Å². The molecule has 0 aromatic heterocycles. The van der Waals surface area contributed by atoms with Crippen molar-refractivity contribution in [1.29, 1.82) is 0 Å². The van der Waals surface area contributed by atoms with Crippen molar-refractivity contribution in [2.75, 3.05) is 53.2 Å². The minimum atomic E-state index is -3.65. The van der Waals surface area contributed by atoms with E-state index in [1.54, 1.807) is 7.11 Å². The fraction of sp³-hybridized carbons (Fsp3) is 0.909. The van der Waals surface area contributed by atoms with Gasteiger partial charge in [-0.25, -0.2) is 13.6 Å². The van der Waals surface area contributed by atoms with Gasteiger partial charge in [0.15, 0.2) is 0 Å². The lowest BCUT2D eigenvalue weighted by atomic mass is 10.4. The number of likely N-dealkylation sites (tertiary alicyclic amines) is 1. The summed E-state index contributed by atoms with van der Waals surface area (Å²) < 4.78 is 37.7. The highest BCUT2D eigenvalue weighted by atomic mass is 32.2. The first-order valence-corrected chi connectivity index (χ1v) is 8.00. The Labute approximate surface area is 119 Å². The van der Waals surface area contributed by atoms with Crippen molar-refractivity contribution < 1.29 is 27.4 Å². The summed E-state index contributed by atoms with van der Waals surface area (Å²) in [5.41, 5.74) is 0.